The van der Waals surface area contributed by atoms with Crippen molar-refractivity contribution in [1.29, 1.82) is 0 Å². The SMILES string of the molecule is CCCCCCCCCOc1c2ccccc2c(OCCCCCCCCC)c2cc(C)ccc12. The Kier molecular flexibility index (Phi) is 12.3. The molecule has 3 aromatic carbocycles. The van der Waals surface area contributed by atoms with Gasteiger partial charge in [-0.25, -0.2) is 0 Å². The molecule has 0 N–H and O–H groups in total. The third-order valence-corrected chi connectivity index (χ3v) is 7.07. The van der Waals surface area contributed by atoms with Crippen LogP contribution >= 0.6 is 0 Å². The highest BCUT2D eigenvalue weighted by Crippen LogP contribution is 2.43. The Balaban J connectivity index is 1.70. The molecule has 0 aliphatic rings. The molecule has 0 spiro atoms. The number of aryl methyl sites for hydroxylation is 1. The second-order valence-corrected chi connectivity index (χ2v) is 10.2. The highest BCUT2D eigenvalue weighted by atomic mass is 16.5. The summed E-state index contributed by atoms with van der Waals surface area (Å²) in [6, 6.07) is 15.3. The van der Waals surface area contributed by atoms with Crippen LogP contribution in [0.5, 0.6) is 11.5 Å². The number of unbranched alkanes of at least 4 members (excludes halogenated alkanes) is 12. The van der Waals surface area contributed by atoms with Gasteiger partial charge in [-0.1, -0.05) is 133 Å². The largest absolute Gasteiger partial charge is 0.492 e. The molecule has 0 saturated heterocycles. The third kappa shape index (κ3) is 8.44. The Labute approximate surface area is 214 Å². The number of benzene rings is 3. The molecule has 0 aromatic heterocycles. The van der Waals surface area contributed by atoms with Crippen molar-refractivity contribution in [3.63, 3.8) is 0 Å². The standard InChI is InChI=1S/C33H48O2/c1-4-6-8-10-12-14-18-24-34-32-28-20-16-17-21-29(28)33(31-26-27(3)22-23-30(31)32)35-25-19-15-13-11-9-7-5-2/h16-17,20-23,26H,4-15,18-19,24-25H2,1-3H3. The summed E-state index contributed by atoms with van der Waals surface area (Å²) in [6.45, 7) is 8.26. The maximum absolute atomic E-state index is 6.50. The van der Waals surface area contributed by atoms with Crippen molar-refractivity contribution in [2.24, 2.45) is 0 Å². The van der Waals surface area contributed by atoms with E-state index in [1.54, 1.807) is 0 Å². The zero-order valence-corrected chi connectivity index (χ0v) is 22.7. The van der Waals surface area contributed by atoms with Crippen LogP contribution in [0, 0.1) is 6.92 Å². The molecule has 0 fully saturated rings. The van der Waals surface area contributed by atoms with Gasteiger partial charge in [0.15, 0.2) is 0 Å². The van der Waals surface area contributed by atoms with Crippen molar-refractivity contribution in [1.82, 2.24) is 0 Å². The van der Waals surface area contributed by atoms with Gasteiger partial charge in [0.1, 0.15) is 11.5 Å². The summed E-state index contributed by atoms with van der Waals surface area (Å²) in [5, 5.41) is 4.69. The van der Waals surface area contributed by atoms with E-state index >= 15 is 0 Å². The normalized spacial score (nSPS) is 11.4. The number of hydrogen-bond donors (Lipinski definition) is 0. The molecule has 0 aliphatic carbocycles. The van der Waals surface area contributed by atoms with Crippen LogP contribution in [0.4, 0.5) is 0 Å². The van der Waals surface area contributed by atoms with Gasteiger partial charge in [-0.2, -0.15) is 0 Å². The molecular formula is C33H48O2. The molecule has 0 bridgehead atoms. The van der Waals surface area contributed by atoms with Gasteiger partial charge in [0.05, 0.1) is 13.2 Å². The predicted molar refractivity (Wildman–Crippen MR) is 153 cm³/mol. The van der Waals surface area contributed by atoms with Crippen LogP contribution in [-0.4, -0.2) is 13.2 Å². The summed E-state index contributed by atoms with van der Waals surface area (Å²) in [5.74, 6) is 2.04. The van der Waals surface area contributed by atoms with Gasteiger partial charge in [0.25, 0.3) is 0 Å². The van der Waals surface area contributed by atoms with Crippen molar-refractivity contribution in [2.45, 2.75) is 111 Å². The second-order valence-electron chi connectivity index (χ2n) is 10.2. The maximum Gasteiger partial charge on any atom is 0.135 e. The molecule has 2 nitrogen and oxygen atoms in total. The first-order valence-corrected chi connectivity index (χ1v) is 14.5. The van der Waals surface area contributed by atoms with Gasteiger partial charge in [-0.05, 0) is 25.8 Å². The predicted octanol–water partition coefficient (Wildman–Crippen LogP) is 10.6. The minimum atomic E-state index is 0.777. The number of fused-ring (bicyclic) bond motifs is 2. The van der Waals surface area contributed by atoms with Crippen molar-refractivity contribution >= 4 is 21.5 Å². The molecule has 0 amide bonds. The molecule has 0 heterocycles. The molecule has 0 saturated carbocycles. The summed E-state index contributed by atoms with van der Waals surface area (Å²) in [6.07, 6.45) is 18.1. The van der Waals surface area contributed by atoms with E-state index in [0.717, 1.165) is 37.6 Å². The van der Waals surface area contributed by atoms with Gasteiger partial charge in [-0.15, -0.1) is 0 Å². The quantitative estimate of drug-likeness (QED) is 0.134. The van der Waals surface area contributed by atoms with Gasteiger partial charge >= 0.3 is 0 Å². The van der Waals surface area contributed by atoms with Crippen molar-refractivity contribution in [3.05, 3.63) is 48.0 Å². The van der Waals surface area contributed by atoms with Crippen LogP contribution < -0.4 is 9.47 Å². The first-order valence-electron chi connectivity index (χ1n) is 14.5. The molecule has 0 aliphatic heterocycles. The van der Waals surface area contributed by atoms with Crippen LogP contribution in [0.1, 0.15) is 109 Å². The van der Waals surface area contributed by atoms with Gasteiger partial charge < -0.3 is 9.47 Å². The minimum absolute atomic E-state index is 0.777. The number of rotatable bonds is 18. The Morgan fingerprint density at radius 1 is 0.486 bits per heavy atom. The summed E-state index contributed by atoms with van der Waals surface area (Å²) in [4.78, 5) is 0. The maximum atomic E-state index is 6.50. The smallest absolute Gasteiger partial charge is 0.135 e. The molecule has 0 unspecified atom stereocenters. The van der Waals surface area contributed by atoms with E-state index in [9.17, 15) is 0 Å². The van der Waals surface area contributed by atoms with Crippen molar-refractivity contribution in [3.8, 4) is 11.5 Å². The van der Waals surface area contributed by atoms with Crippen LogP contribution in [0.15, 0.2) is 42.5 Å². The minimum Gasteiger partial charge on any atom is -0.492 e. The molecular weight excluding hydrogens is 428 g/mol. The van der Waals surface area contributed by atoms with E-state index in [4.69, 9.17) is 9.47 Å². The van der Waals surface area contributed by atoms with Crippen LogP contribution in [0.25, 0.3) is 21.5 Å². The second kappa shape index (κ2) is 15.7. The average molecular weight is 477 g/mol. The van der Waals surface area contributed by atoms with Gasteiger partial charge in [0.2, 0.25) is 0 Å². The van der Waals surface area contributed by atoms with E-state index in [-0.39, 0.29) is 0 Å². The molecule has 3 aromatic rings. The Morgan fingerprint density at radius 3 is 1.43 bits per heavy atom. The van der Waals surface area contributed by atoms with E-state index < -0.39 is 0 Å². The van der Waals surface area contributed by atoms with Crippen molar-refractivity contribution in [2.75, 3.05) is 13.2 Å². The Morgan fingerprint density at radius 2 is 0.914 bits per heavy atom. The molecule has 35 heavy (non-hydrogen) atoms. The fourth-order valence-electron chi connectivity index (χ4n) is 4.99. The lowest BCUT2D eigenvalue weighted by Crippen LogP contribution is -2.02. The van der Waals surface area contributed by atoms with Gasteiger partial charge in [0, 0.05) is 21.5 Å². The summed E-state index contributed by atoms with van der Waals surface area (Å²) >= 11 is 0. The number of hydrogen-bond acceptors (Lipinski definition) is 2. The monoisotopic (exact) mass is 476 g/mol. The first kappa shape index (κ1) is 27.4. The van der Waals surface area contributed by atoms with Gasteiger partial charge in [-0.3, -0.25) is 0 Å². The lowest BCUT2D eigenvalue weighted by molar-refractivity contribution is 0.306. The average Bonchev–Trinajstić information content (AvgIpc) is 2.87. The van der Waals surface area contributed by atoms with Crippen LogP contribution in [0.2, 0.25) is 0 Å². The molecule has 192 valence electrons. The highest BCUT2D eigenvalue weighted by molar-refractivity contribution is 6.11. The van der Waals surface area contributed by atoms with E-state index in [2.05, 4.69) is 63.2 Å². The first-order chi connectivity index (χ1) is 17.3. The van der Waals surface area contributed by atoms with E-state index in [1.807, 2.05) is 0 Å². The fourth-order valence-corrected chi connectivity index (χ4v) is 4.99. The van der Waals surface area contributed by atoms with Crippen LogP contribution in [-0.2, 0) is 0 Å². The summed E-state index contributed by atoms with van der Waals surface area (Å²) in [7, 11) is 0. The topological polar surface area (TPSA) is 18.5 Å². The van der Waals surface area contributed by atoms with Crippen LogP contribution in [0.3, 0.4) is 0 Å². The Hall–Kier alpha value is -2.22. The van der Waals surface area contributed by atoms with E-state index in [0.29, 0.717) is 0 Å². The van der Waals surface area contributed by atoms with Crippen molar-refractivity contribution < 1.29 is 9.47 Å². The highest BCUT2D eigenvalue weighted by Gasteiger charge is 2.16. The lowest BCUT2D eigenvalue weighted by atomic mass is 9.99. The fraction of sp³-hybridized carbons (Fsp3) is 0.576. The molecule has 0 radical (unpaired) electrons. The van der Waals surface area contributed by atoms with E-state index in [1.165, 1.54) is 104 Å². The summed E-state index contributed by atoms with van der Waals surface area (Å²) in [5.41, 5.74) is 1.26. The number of ether oxygens (including phenoxy) is 2. The zero-order valence-electron chi connectivity index (χ0n) is 22.7. The molecule has 0 atom stereocenters. The Bertz CT molecular complexity index is 1010. The summed E-state index contributed by atoms with van der Waals surface area (Å²) < 4.78 is 13.0. The lowest BCUT2D eigenvalue weighted by Gasteiger charge is -2.18. The molecule has 2 heteroatoms. The third-order valence-electron chi connectivity index (χ3n) is 7.07. The zero-order chi connectivity index (χ0) is 24.7. The molecule has 3 rings (SSSR count).